The van der Waals surface area contributed by atoms with Crippen molar-refractivity contribution in [3.63, 3.8) is 0 Å². The highest BCUT2D eigenvalue weighted by atomic mass is 35.5. The maximum Gasteiger partial charge on any atom is 0.673 e. The summed E-state index contributed by atoms with van der Waals surface area (Å²) in [6.45, 7) is 0. The van der Waals surface area contributed by atoms with E-state index in [1.807, 2.05) is 48.5 Å². The summed E-state index contributed by atoms with van der Waals surface area (Å²) in [6.07, 6.45) is 0. The van der Waals surface area contributed by atoms with Gasteiger partial charge in [0.25, 0.3) is 0 Å². The van der Waals surface area contributed by atoms with Crippen LogP contribution in [0.25, 0.3) is 11.1 Å². The average Bonchev–Trinajstić information content (AvgIpc) is 2.95. The van der Waals surface area contributed by atoms with Crippen LogP contribution >= 0.6 is 23.4 Å². The summed E-state index contributed by atoms with van der Waals surface area (Å²) in [7, 11) is -6.19. The van der Waals surface area contributed by atoms with Gasteiger partial charge in [-0.25, -0.2) is 0 Å². The molecule has 0 aromatic heterocycles. The number of thioether (sulfide) groups is 1. The number of rotatable bonds is 6. The highest BCUT2D eigenvalue weighted by Gasteiger charge is 2.28. The normalized spacial score (nSPS) is 11.1. The number of hydrogen-bond donors (Lipinski definition) is 0. The standard InChI is InChI=1S/C31H22ClOS2.BF4/c32-30-22-25(34-31(33)24-10-4-1-5-11-24)18-21-29(30)23-16-19-28(20-17-23)35(26-12-6-2-7-13-26)27-14-8-3-9-15-27;2-1(3,4)5/h1-22H;/q+1;-1. The topological polar surface area (TPSA) is 17.1 Å². The van der Waals surface area contributed by atoms with Crippen molar-refractivity contribution in [1.82, 2.24) is 0 Å². The van der Waals surface area contributed by atoms with Gasteiger partial charge in [-0.3, -0.25) is 4.79 Å². The van der Waals surface area contributed by atoms with Crippen molar-refractivity contribution in [2.75, 3.05) is 0 Å². The quantitative estimate of drug-likeness (QED) is 0.0839. The van der Waals surface area contributed by atoms with Gasteiger partial charge in [0.05, 0.1) is 10.9 Å². The minimum absolute atomic E-state index is 0.00706. The molecule has 0 N–H and O–H groups in total. The van der Waals surface area contributed by atoms with E-state index in [-0.39, 0.29) is 16.0 Å². The van der Waals surface area contributed by atoms with E-state index in [0.717, 1.165) is 16.0 Å². The van der Waals surface area contributed by atoms with E-state index in [4.69, 9.17) is 11.6 Å². The molecule has 5 rings (SSSR count). The van der Waals surface area contributed by atoms with Gasteiger partial charge in [-0.15, -0.1) is 0 Å². The van der Waals surface area contributed by atoms with Crippen LogP contribution < -0.4 is 0 Å². The fraction of sp³-hybridized carbons (Fsp3) is 0. The van der Waals surface area contributed by atoms with Crippen molar-refractivity contribution in [1.29, 1.82) is 0 Å². The lowest BCUT2D eigenvalue weighted by Crippen LogP contribution is -2.04. The number of benzene rings is 5. The Balaban J connectivity index is 0.000000681. The third kappa shape index (κ3) is 8.52. The van der Waals surface area contributed by atoms with Gasteiger partial charge in [-0.05, 0) is 78.0 Å². The lowest BCUT2D eigenvalue weighted by atomic mass is 10.1. The highest BCUT2D eigenvalue weighted by molar-refractivity contribution is 8.14. The van der Waals surface area contributed by atoms with Crippen LogP contribution in [0.3, 0.4) is 0 Å². The van der Waals surface area contributed by atoms with E-state index in [0.29, 0.717) is 10.6 Å². The first kappa shape index (κ1) is 29.5. The molecule has 9 heteroatoms. The summed E-state index contributed by atoms with van der Waals surface area (Å²) in [5.74, 6) is 0. The Hall–Kier alpha value is -3.46. The predicted octanol–water partition coefficient (Wildman–Crippen LogP) is 10.3. The Bertz CT molecular complexity index is 1490. The van der Waals surface area contributed by atoms with Gasteiger partial charge in [0.15, 0.2) is 14.7 Å². The highest BCUT2D eigenvalue weighted by Crippen LogP contribution is 2.36. The van der Waals surface area contributed by atoms with Crippen molar-refractivity contribution in [3.8, 4) is 11.1 Å². The van der Waals surface area contributed by atoms with E-state index in [2.05, 4.69) is 84.9 Å². The van der Waals surface area contributed by atoms with Crippen molar-refractivity contribution >= 4 is 46.6 Å². The maximum atomic E-state index is 12.5. The molecule has 0 atom stereocenters. The number of carbonyl (C=O) groups is 1. The van der Waals surface area contributed by atoms with Crippen molar-refractivity contribution in [2.24, 2.45) is 0 Å². The molecule has 5 aromatic carbocycles. The van der Waals surface area contributed by atoms with Gasteiger partial charge >= 0.3 is 7.25 Å². The second-order valence-corrected chi connectivity index (χ2v) is 11.8. The molecule has 0 fully saturated rings. The first-order valence-corrected chi connectivity index (χ1v) is 14.5. The van der Waals surface area contributed by atoms with Gasteiger partial charge in [-0.1, -0.05) is 84.4 Å². The summed E-state index contributed by atoms with van der Waals surface area (Å²) < 4.78 is 39.0. The minimum atomic E-state index is -6.00. The van der Waals surface area contributed by atoms with Crippen LogP contribution in [0.1, 0.15) is 10.4 Å². The Morgan fingerprint density at radius 2 is 1.07 bits per heavy atom. The summed E-state index contributed by atoms with van der Waals surface area (Å²) in [5.41, 5.74) is 2.68. The predicted molar refractivity (Wildman–Crippen MR) is 159 cm³/mol. The third-order valence-electron chi connectivity index (χ3n) is 5.52. The van der Waals surface area contributed by atoms with Gasteiger partial charge in [0.2, 0.25) is 5.12 Å². The molecule has 40 heavy (non-hydrogen) atoms. The molecule has 0 saturated carbocycles. The number of carbonyl (C=O) groups excluding carboxylic acids is 1. The van der Waals surface area contributed by atoms with E-state index in [1.54, 1.807) is 0 Å². The zero-order valence-corrected chi connectivity index (χ0v) is 23.3. The zero-order valence-electron chi connectivity index (χ0n) is 20.9. The molecule has 5 aromatic rings. The fourth-order valence-corrected chi connectivity index (χ4v) is 7.04. The Morgan fingerprint density at radius 1 is 0.625 bits per heavy atom. The van der Waals surface area contributed by atoms with Gasteiger partial charge < -0.3 is 17.3 Å². The van der Waals surface area contributed by atoms with Crippen LogP contribution in [0.2, 0.25) is 5.02 Å². The van der Waals surface area contributed by atoms with Crippen LogP contribution in [0.4, 0.5) is 17.3 Å². The monoisotopic (exact) mass is 596 g/mol. The molecule has 0 heterocycles. The molecule has 0 bridgehead atoms. The SMILES string of the molecule is F[B-](F)(F)F.O=C(Sc1ccc(-c2ccc([S+](c3ccccc3)c3ccccc3)cc2)c(Cl)c1)c1ccccc1. The second-order valence-electron chi connectivity index (χ2n) is 8.35. The summed E-state index contributed by atoms with van der Waals surface area (Å²) in [5, 5.41) is 0.640. The van der Waals surface area contributed by atoms with Crippen molar-refractivity contribution < 1.29 is 22.1 Å². The fourth-order valence-electron chi connectivity index (χ4n) is 3.83. The van der Waals surface area contributed by atoms with Crippen LogP contribution in [-0.2, 0) is 10.9 Å². The Kier molecular flexibility index (Phi) is 10.1. The molecule has 0 unspecified atom stereocenters. The molecule has 202 valence electrons. The van der Waals surface area contributed by atoms with E-state index in [9.17, 15) is 22.1 Å². The molecule has 0 radical (unpaired) electrons. The smallest absolute Gasteiger partial charge is 0.418 e. The Labute approximate surface area is 242 Å². The van der Waals surface area contributed by atoms with Gasteiger partial charge in [0.1, 0.15) is 0 Å². The van der Waals surface area contributed by atoms with Crippen LogP contribution in [0, 0.1) is 0 Å². The van der Waals surface area contributed by atoms with Crippen LogP contribution in [0.15, 0.2) is 153 Å². The van der Waals surface area contributed by atoms with Crippen molar-refractivity contribution in [3.05, 3.63) is 144 Å². The maximum absolute atomic E-state index is 12.5. The molecular formula is C31H22BClF4OS2. The minimum Gasteiger partial charge on any atom is -0.418 e. The lowest BCUT2D eigenvalue weighted by molar-refractivity contribution is 0.108. The third-order valence-corrected chi connectivity index (χ3v) is 8.97. The molecule has 0 spiro atoms. The molecular weight excluding hydrogens is 575 g/mol. The van der Waals surface area contributed by atoms with Crippen LogP contribution in [-0.4, -0.2) is 12.4 Å². The summed E-state index contributed by atoms with van der Waals surface area (Å²) >= 11 is 7.86. The van der Waals surface area contributed by atoms with E-state index in [1.165, 1.54) is 26.4 Å². The number of halogens is 5. The van der Waals surface area contributed by atoms with Gasteiger partial charge in [-0.2, -0.15) is 0 Å². The van der Waals surface area contributed by atoms with E-state index >= 15 is 0 Å². The molecule has 0 aliphatic heterocycles. The lowest BCUT2D eigenvalue weighted by Gasteiger charge is -2.10. The van der Waals surface area contributed by atoms with Gasteiger partial charge in [0, 0.05) is 21.0 Å². The molecule has 0 saturated heterocycles. The second kappa shape index (κ2) is 13.7. The number of hydrogen-bond acceptors (Lipinski definition) is 2. The summed E-state index contributed by atoms with van der Waals surface area (Å²) in [6, 6.07) is 45.0. The zero-order chi connectivity index (χ0) is 28.5. The first-order valence-electron chi connectivity index (χ1n) is 12.1. The molecule has 0 aliphatic rings. The summed E-state index contributed by atoms with van der Waals surface area (Å²) in [4.78, 5) is 17.2. The molecule has 1 nitrogen and oxygen atoms in total. The van der Waals surface area contributed by atoms with E-state index < -0.39 is 7.25 Å². The average molecular weight is 597 g/mol. The molecule has 0 aliphatic carbocycles. The largest absolute Gasteiger partial charge is 0.673 e. The Morgan fingerprint density at radius 3 is 1.55 bits per heavy atom. The van der Waals surface area contributed by atoms with Crippen molar-refractivity contribution in [2.45, 2.75) is 19.6 Å². The van der Waals surface area contributed by atoms with Crippen LogP contribution in [0.5, 0.6) is 0 Å². The first-order chi connectivity index (χ1) is 19.2. The molecule has 0 amide bonds.